The van der Waals surface area contributed by atoms with Gasteiger partial charge in [0.05, 0.1) is 18.3 Å². The second-order valence-corrected chi connectivity index (χ2v) is 5.90. The fourth-order valence-corrected chi connectivity index (χ4v) is 2.87. The first-order valence-electron chi connectivity index (χ1n) is 7.76. The molecular formula is C15H19F2N5O2. The van der Waals surface area contributed by atoms with Crippen LogP contribution < -0.4 is 4.74 Å². The number of nitrogens with zero attached hydrogens (tertiary/aromatic N) is 5. The molecule has 0 spiro atoms. The Morgan fingerprint density at radius 3 is 2.71 bits per heavy atom. The Kier molecular flexibility index (Phi) is 5.00. The van der Waals surface area contributed by atoms with Crippen molar-refractivity contribution in [3.05, 3.63) is 30.1 Å². The number of halogens is 2. The molecule has 24 heavy (non-hydrogen) atoms. The van der Waals surface area contributed by atoms with E-state index in [9.17, 15) is 13.9 Å². The average molecular weight is 339 g/mol. The van der Waals surface area contributed by atoms with Gasteiger partial charge in [-0.25, -0.2) is 0 Å². The quantitative estimate of drug-likeness (QED) is 0.859. The molecule has 1 N–H and O–H groups in total. The third-order valence-electron chi connectivity index (χ3n) is 4.20. The fourth-order valence-electron chi connectivity index (χ4n) is 2.87. The normalized spacial score (nSPS) is 19.8. The van der Waals surface area contributed by atoms with Gasteiger partial charge in [0, 0.05) is 6.54 Å². The number of benzene rings is 1. The molecule has 130 valence electrons. The van der Waals surface area contributed by atoms with E-state index >= 15 is 0 Å². The first-order chi connectivity index (χ1) is 11.5. The second-order valence-electron chi connectivity index (χ2n) is 5.90. The summed E-state index contributed by atoms with van der Waals surface area (Å²) in [7, 11) is 0. The molecule has 1 aliphatic rings. The summed E-state index contributed by atoms with van der Waals surface area (Å²) in [5.41, 5.74) is 0.669. The van der Waals surface area contributed by atoms with Gasteiger partial charge in [0.15, 0.2) is 5.82 Å². The lowest BCUT2D eigenvalue weighted by atomic mass is 10.0. The Hall–Kier alpha value is -2.13. The van der Waals surface area contributed by atoms with Crippen molar-refractivity contribution in [3.8, 4) is 11.4 Å². The van der Waals surface area contributed by atoms with Gasteiger partial charge >= 0.3 is 6.61 Å². The van der Waals surface area contributed by atoms with Crippen LogP contribution in [0.3, 0.4) is 0 Å². The van der Waals surface area contributed by atoms with Crippen LogP contribution in [0.1, 0.15) is 19.2 Å². The highest BCUT2D eigenvalue weighted by atomic mass is 19.3. The Balaban J connectivity index is 1.69. The Morgan fingerprint density at radius 1 is 1.33 bits per heavy atom. The van der Waals surface area contributed by atoms with Crippen molar-refractivity contribution in [2.75, 3.05) is 13.1 Å². The summed E-state index contributed by atoms with van der Waals surface area (Å²) in [6.45, 7) is 1.19. The SMILES string of the molecule is CC(O)C1CCN(Cc2nnnn2-c2ccc(OC(F)F)cc2)C1. The molecule has 2 unspecified atom stereocenters. The van der Waals surface area contributed by atoms with Crippen LogP contribution >= 0.6 is 0 Å². The van der Waals surface area contributed by atoms with E-state index in [0.717, 1.165) is 19.5 Å². The fraction of sp³-hybridized carbons (Fsp3) is 0.533. The van der Waals surface area contributed by atoms with Crippen LogP contribution in [-0.2, 0) is 6.54 Å². The number of hydrogen-bond acceptors (Lipinski definition) is 6. The number of hydrogen-bond donors (Lipinski definition) is 1. The molecule has 2 atom stereocenters. The molecule has 0 saturated carbocycles. The topological polar surface area (TPSA) is 76.3 Å². The summed E-state index contributed by atoms with van der Waals surface area (Å²) in [4.78, 5) is 2.19. The van der Waals surface area contributed by atoms with Crippen LogP contribution in [0, 0.1) is 5.92 Å². The summed E-state index contributed by atoms with van der Waals surface area (Å²) in [5.74, 6) is 1.01. The van der Waals surface area contributed by atoms with Gasteiger partial charge < -0.3 is 9.84 Å². The van der Waals surface area contributed by atoms with Crippen molar-refractivity contribution < 1.29 is 18.6 Å². The molecule has 1 aromatic carbocycles. The minimum Gasteiger partial charge on any atom is -0.435 e. The summed E-state index contributed by atoms with van der Waals surface area (Å²) in [6.07, 6.45) is 0.618. The molecule has 3 rings (SSSR count). The van der Waals surface area contributed by atoms with E-state index in [1.807, 2.05) is 0 Å². The minimum absolute atomic E-state index is 0.0858. The smallest absolute Gasteiger partial charge is 0.387 e. The maximum atomic E-state index is 12.2. The number of tetrazole rings is 1. The number of ether oxygens (including phenoxy) is 1. The van der Waals surface area contributed by atoms with Crippen LogP contribution in [0.5, 0.6) is 5.75 Å². The molecule has 1 saturated heterocycles. The predicted molar refractivity (Wildman–Crippen MR) is 80.9 cm³/mol. The zero-order chi connectivity index (χ0) is 17.1. The van der Waals surface area contributed by atoms with E-state index in [4.69, 9.17) is 0 Å². The highest BCUT2D eigenvalue weighted by Crippen LogP contribution is 2.22. The summed E-state index contributed by atoms with van der Waals surface area (Å²) in [5, 5.41) is 21.4. The molecule has 0 aliphatic carbocycles. The number of aromatic nitrogens is 4. The summed E-state index contributed by atoms with van der Waals surface area (Å²) >= 11 is 0. The molecule has 0 bridgehead atoms. The third-order valence-corrected chi connectivity index (χ3v) is 4.20. The Labute approximate surface area is 137 Å². The third kappa shape index (κ3) is 3.85. The van der Waals surface area contributed by atoms with Gasteiger partial charge in [-0.1, -0.05) is 0 Å². The van der Waals surface area contributed by atoms with Crippen molar-refractivity contribution >= 4 is 0 Å². The van der Waals surface area contributed by atoms with Crippen LogP contribution in [0.25, 0.3) is 5.69 Å². The Morgan fingerprint density at radius 2 is 2.08 bits per heavy atom. The molecule has 9 heteroatoms. The van der Waals surface area contributed by atoms with Gasteiger partial charge in [-0.3, -0.25) is 4.90 Å². The number of aliphatic hydroxyl groups is 1. The predicted octanol–water partition coefficient (Wildman–Crippen LogP) is 1.47. The molecule has 0 amide bonds. The van der Waals surface area contributed by atoms with Crippen LogP contribution in [0.15, 0.2) is 24.3 Å². The van der Waals surface area contributed by atoms with Crippen molar-refractivity contribution in [1.29, 1.82) is 0 Å². The monoisotopic (exact) mass is 339 g/mol. The highest BCUT2D eigenvalue weighted by Gasteiger charge is 2.27. The standard InChI is InChI=1S/C15H19F2N5O2/c1-10(23)11-6-7-21(8-11)9-14-18-19-20-22(14)12-2-4-13(5-3-12)24-15(16)17/h2-5,10-11,15,23H,6-9H2,1H3. The van der Waals surface area contributed by atoms with Gasteiger partial charge in [0.25, 0.3) is 0 Å². The molecule has 1 aliphatic heterocycles. The van der Waals surface area contributed by atoms with E-state index in [0.29, 0.717) is 18.1 Å². The number of likely N-dealkylation sites (tertiary alicyclic amines) is 1. The summed E-state index contributed by atoms with van der Waals surface area (Å²) < 4.78 is 30.3. The first kappa shape index (κ1) is 16.7. The zero-order valence-electron chi connectivity index (χ0n) is 13.2. The van der Waals surface area contributed by atoms with Gasteiger partial charge in [0.1, 0.15) is 5.75 Å². The molecular weight excluding hydrogens is 320 g/mol. The van der Waals surface area contributed by atoms with Gasteiger partial charge in [-0.15, -0.1) is 5.10 Å². The molecule has 7 nitrogen and oxygen atoms in total. The van der Waals surface area contributed by atoms with Crippen molar-refractivity contribution in [3.63, 3.8) is 0 Å². The maximum absolute atomic E-state index is 12.2. The zero-order valence-corrected chi connectivity index (χ0v) is 13.2. The average Bonchev–Trinajstić information content (AvgIpc) is 3.17. The largest absolute Gasteiger partial charge is 0.435 e. The molecule has 1 fully saturated rings. The first-order valence-corrected chi connectivity index (χ1v) is 7.76. The molecule has 1 aromatic heterocycles. The van der Waals surface area contributed by atoms with Crippen molar-refractivity contribution in [1.82, 2.24) is 25.1 Å². The number of alkyl halides is 2. The van der Waals surface area contributed by atoms with E-state index in [-0.39, 0.29) is 17.8 Å². The lowest BCUT2D eigenvalue weighted by Gasteiger charge is -2.16. The van der Waals surface area contributed by atoms with Crippen molar-refractivity contribution in [2.45, 2.75) is 32.6 Å². The molecule has 0 radical (unpaired) electrons. The van der Waals surface area contributed by atoms with Gasteiger partial charge in [0.2, 0.25) is 0 Å². The van der Waals surface area contributed by atoms with E-state index in [2.05, 4.69) is 25.2 Å². The maximum Gasteiger partial charge on any atom is 0.387 e. The van der Waals surface area contributed by atoms with E-state index < -0.39 is 6.61 Å². The summed E-state index contributed by atoms with van der Waals surface area (Å²) in [6, 6.07) is 6.15. The van der Waals surface area contributed by atoms with Crippen LogP contribution in [-0.4, -0.2) is 56.0 Å². The molecule has 2 aromatic rings. The number of rotatable bonds is 6. The second kappa shape index (κ2) is 7.18. The highest BCUT2D eigenvalue weighted by molar-refractivity contribution is 5.37. The van der Waals surface area contributed by atoms with Gasteiger partial charge in [-0.05, 0) is 60.5 Å². The van der Waals surface area contributed by atoms with Crippen molar-refractivity contribution in [2.24, 2.45) is 5.92 Å². The van der Waals surface area contributed by atoms with E-state index in [1.165, 1.54) is 12.1 Å². The minimum atomic E-state index is -2.85. The van der Waals surface area contributed by atoms with Crippen LogP contribution in [0.2, 0.25) is 0 Å². The number of aliphatic hydroxyl groups excluding tert-OH is 1. The van der Waals surface area contributed by atoms with Gasteiger partial charge in [-0.2, -0.15) is 13.5 Å². The van der Waals surface area contributed by atoms with E-state index in [1.54, 1.807) is 23.7 Å². The van der Waals surface area contributed by atoms with Crippen LogP contribution in [0.4, 0.5) is 8.78 Å². The lowest BCUT2D eigenvalue weighted by molar-refractivity contribution is -0.0498. The lowest BCUT2D eigenvalue weighted by Crippen LogP contribution is -2.25. The molecule has 2 heterocycles. The Bertz CT molecular complexity index is 662.